The van der Waals surface area contributed by atoms with E-state index in [1.54, 1.807) is 0 Å². The molecule has 0 radical (unpaired) electrons. The average Bonchev–Trinajstić information content (AvgIpc) is 2.17. The number of hydrogen-bond donors (Lipinski definition) is 0. The van der Waals surface area contributed by atoms with E-state index in [9.17, 15) is 4.21 Å². The molecule has 0 amide bonds. The van der Waals surface area contributed by atoms with Crippen LogP contribution >= 0.6 is 0 Å². The van der Waals surface area contributed by atoms with E-state index in [1.807, 2.05) is 35.5 Å². The summed E-state index contributed by atoms with van der Waals surface area (Å²) < 4.78 is 14.4. The summed E-state index contributed by atoms with van der Waals surface area (Å²) >= 11 is 0. The summed E-state index contributed by atoms with van der Waals surface area (Å²) in [5, 5.41) is 0. The Morgan fingerprint density at radius 3 is 1.81 bits per heavy atom. The molecule has 0 aliphatic rings. The van der Waals surface area contributed by atoms with Gasteiger partial charge in [0, 0.05) is 12.1 Å². The molecule has 2 nitrogen and oxygen atoms in total. The Balaban J connectivity index is 2.95. The Bertz CT molecular complexity index is 349. The van der Waals surface area contributed by atoms with Gasteiger partial charge in [0.15, 0.2) is 0 Å². The van der Waals surface area contributed by atoms with Gasteiger partial charge in [-0.25, -0.2) is 8.51 Å². The lowest BCUT2D eigenvalue weighted by atomic mass is 10.2. The second-order valence-electron chi connectivity index (χ2n) is 4.61. The molecule has 0 aliphatic carbocycles. The third-order valence-corrected chi connectivity index (χ3v) is 4.33. The van der Waals surface area contributed by atoms with E-state index in [1.165, 1.54) is 5.56 Å². The first-order valence-corrected chi connectivity index (χ1v) is 6.81. The van der Waals surface area contributed by atoms with Gasteiger partial charge in [-0.1, -0.05) is 17.7 Å². The van der Waals surface area contributed by atoms with Crippen molar-refractivity contribution in [2.75, 3.05) is 0 Å². The van der Waals surface area contributed by atoms with Gasteiger partial charge >= 0.3 is 0 Å². The first kappa shape index (κ1) is 13.4. The fourth-order valence-electron chi connectivity index (χ4n) is 1.76. The molecular formula is C13H21NOS. The van der Waals surface area contributed by atoms with Crippen molar-refractivity contribution < 1.29 is 4.21 Å². The minimum Gasteiger partial charge on any atom is -0.237 e. The van der Waals surface area contributed by atoms with Gasteiger partial charge in [-0.05, 0) is 46.8 Å². The van der Waals surface area contributed by atoms with Crippen LogP contribution in [0.25, 0.3) is 0 Å². The smallest absolute Gasteiger partial charge is 0.128 e. The molecule has 0 spiro atoms. The van der Waals surface area contributed by atoms with Crippen LogP contribution in [0.4, 0.5) is 0 Å². The van der Waals surface area contributed by atoms with Gasteiger partial charge in [0.25, 0.3) is 0 Å². The lowest BCUT2D eigenvalue weighted by Crippen LogP contribution is -2.38. The van der Waals surface area contributed by atoms with Crippen LogP contribution in [0.1, 0.15) is 33.3 Å². The molecule has 1 atom stereocenters. The molecular weight excluding hydrogens is 218 g/mol. The van der Waals surface area contributed by atoms with Gasteiger partial charge in [0.1, 0.15) is 11.0 Å². The van der Waals surface area contributed by atoms with E-state index >= 15 is 0 Å². The number of aryl methyl sites for hydroxylation is 1. The van der Waals surface area contributed by atoms with Gasteiger partial charge in [-0.3, -0.25) is 0 Å². The molecule has 0 heterocycles. The summed E-state index contributed by atoms with van der Waals surface area (Å²) in [7, 11) is -1.06. The standard InChI is InChI=1S/C13H21NOS/c1-10(2)14(11(3)4)16(15)13-8-6-12(5)7-9-13/h6-11H,1-5H3. The van der Waals surface area contributed by atoms with Crippen molar-refractivity contribution in [3.8, 4) is 0 Å². The van der Waals surface area contributed by atoms with Crippen LogP contribution in [0.3, 0.4) is 0 Å². The normalized spacial score (nSPS) is 13.8. The Kier molecular flexibility index (Phi) is 4.69. The van der Waals surface area contributed by atoms with E-state index in [0.29, 0.717) is 0 Å². The molecule has 16 heavy (non-hydrogen) atoms. The zero-order valence-electron chi connectivity index (χ0n) is 10.7. The minimum atomic E-state index is -1.06. The summed E-state index contributed by atoms with van der Waals surface area (Å²) in [5.41, 5.74) is 1.20. The van der Waals surface area contributed by atoms with E-state index < -0.39 is 11.0 Å². The molecule has 0 aromatic heterocycles. The molecule has 0 fully saturated rings. The number of hydrogen-bond acceptors (Lipinski definition) is 1. The highest BCUT2D eigenvalue weighted by Crippen LogP contribution is 2.17. The maximum atomic E-state index is 12.4. The molecule has 1 aromatic carbocycles. The maximum Gasteiger partial charge on any atom is 0.128 e. The summed E-state index contributed by atoms with van der Waals surface area (Å²) in [6.45, 7) is 10.3. The van der Waals surface area contributed by atoms with Crippen molar-refractivity contribution in [2.24, 2.45) is 0 Å². The van der Waals surface area contributed by atoms with Crippen molar-refractivity contribution in [2.45, 2.75) is 51.6 Å². The van der Waals surface area contributed by atoms with Crippen LogP contribution < -0.4 is 0 Å². The highest BCUT2D eigenvalue weighted by atomic mass is 32.2. The van der Waals surface area contributed by atoms with Gasteiger partial charge < -0.3 is 0 Å². The highest BCUT2D eigenvalue weighted by Gasteiger charge is 2.21. The van der Waals surface area contributed by atoms with Crippen molar-refractivity contribution in [1.82, 2.24) is 4.31 Å². The van der Waals surface area contributed by atoms with Crippen molar-refractivity contribution in [3.05, 3.63) is 29.8 Å². The largest absolute Gasteiger partial charge is 0.237 e. The summed E-state index contributed by atoms with van der Waals surface area (Å²) in [5.74, 6) is 0. The van der Waals surface area contributed by atoms with Crippen LogP contribution in [0.5, 0.6) is 0 Å². The molecule has 1 rings (SSSR count). The molecule has 3 heteroatoms. The quantitative estimate of drug-likeness (QED) is 0.790. The lowest BCUT2D eigenvalue weighted by Gasteiger charge is -2.28. The average molecular weight is 239 g/mol. The van der Waals surface area contributed by atoms with Gasteiger partial charge in [-0.15, -0.1) is 0 Å². The molecule has 0 saturated heterocycles. The summed E-state index contributed by atoms with van der Waals surface area (Å²) in [6.07, 6.45) is 0. The maximum absolute atomic E-state index is 12.4. The second kappa shape index (κ2) is 5.60. The Morgan fingerprint density at radius 2 is 1.44 bits per heavy atom. The second-order valence-corrected chi connectivity index (χ2v) is 6.00. The van der Waals surface area contributed by atoms with Crippen LogP contribution in [-0.4, -0.2) is 20.6 Å². The van der Waals surface area contributed by atoms with Crippen molar-refractivity contribution >= 4 is 11.0 Å². The summed E-state index contributed by atoms with van der Waals surface area (Å²) in [4.78, 5) is 0.882. The number of nitrogens with zero attached hydrogens (tertiary/aromatic N) is 1. The topological polar surface area (TPSA) is 20.3 Å². The molecule has 0 N–H and O–H groups in total. The zero-order valence-corrected chi connectivity index (χ0v) is 11.5. The Labute approximate surface area is 101 Å². The fourth-order valence-corrected chi connectivity index (χ4v) is 3.13. The van der Waals surface area contributed by atoms with Gasteiger partial charge in [-0.2, -0.15) is 0 Å². The molecule has 0 aliphatic heterocycles. The lowest BCUT2D eigenvalue weighted by molar-refractivity contribution is 0.320. The Hall–Kier alpha value is -0.670. The molecule has 0 saturated carbocycles. The highest BCUT2D eigenvalue weighted by molar-refractivity contribution is 7.82. The Morgan fingerprint density at radius 1 is 1.00 bits per heavy atom. The molecule has 1 unspecified atom stereocenters. The summed E-state index contributed by atoms with van der Waals surface area (Å²) in [6, 6.07) is 8.47. The van der Waals surface area contributed by atoms with E-state index in [0.717, 1.165) is 4.90 Å². The van der Waals surface area contributed by atoms with Gasteiger partial charge in [0.2, 0.25) is 0 Å². The first-order valence-electron chi connectivity index (χ1n) is 5.70. The predicted octanol–water partition coefficient (Wildman–Crippen LogP) is 3.14. The van der Waals surface area contributed by atoms with Crippen LogP contribution in [0.15, 0.2) is 29.2 Å². The third-order valence-electron chi connectivity index (χ3n) is 2.43. The molecule has 1 aromatic rings. The van der Waals surface area contributed by atoms with Crippen molar-refractivity contribution in [3.63, 3.8) is 0 Å². The predicted molar refractivity (Wildman–Crippen MR) is 69.7 cm³/mol. The molecule has 0 bridgehead atoms. The number of rotatable bonds is 4. The third kappa shape index (κ3) is 3.16. The van der Waals surface area contributed by atoms with Crippen LogP contribution in [0, 0.1) is 6.92 Å². The number of benzene rings is 1. The fraction of sp³-hybridized carbons (Fsp3) is 0.538. The van der Waals surface area contributed by atoms with Crippen LogP contribution in [-0.2, 0) is 11.0 Å². The SMILES string of the molecule is Cc1ccc(S(=O)N(C(C)C)C(C)C)cc1. The van der Waals surface area contributed by atoms with E-state index in [4.69, 9.17) is 0 Å². The monoisotopic (exact) mass is 239 g/mol. The first-order chi connectivity index (χ1) is 7.43. The zero-order chi connectivity index (χ0) is 12.3. The van der Waals surface area contributed by atoms with E-state index in [2.05, 4.69) is 27.7 Å². The van der Waals surface area contributed by atoms with Crippen molar-refractivity contribution in [1.29, 1.82) is 0 Å². The van der Waals surface area contributed by atoms with Gasteiger partial charge in [0.05, 0.1) is 4.90 Å². The van der Waals surface area contributed by atoms with Crippen LogP contribution in [0.2, 0.25) is 0 Å². The van der Waals surface area contributed by atoms with E-state index in [-0.39, 0.29) is 12.1 Å². The minimum absolute atomic E-state index is 0.280. The molecule has 90 valence electrons.